The van der Waals surface area contributed by atoms with Crippen molar-refractivity contribution in [2.75, 3.05) is 33.2 Å². The zero-order valence-electron chi connectivity index (χ0n) is 11.9. The van der Waals surface area contributed by atoms with Crippen LogP contribution in [0.1, 0.15) is 19.3 Å². The van der Waals surface area contributed by atoms with Crippen LogP contribution in [0.25, 0.3) is 0 Å². The normalized spacial score (nSPS) is 29.5. The Morgan fingerprint density at radius 2 is 1.95 bits per heavy atom. The van der Waals surface area contributed by atoms with E-state index in [1.807, 2.05) is 4.90 Å². The van der Waals surface area contributed by atoms with Crippen molar-refractivity contribution in [3.05, 3.63) is 12.1 Å². The Balaban J connectivity index is 0.00000180. The molecule has 0 aliphatic carbocycles. The quantitative estimate of drug-likeness (QED) is 0.639. The summed E-state index contributed by atoms with van der Waals surface area (Å²) in [7, 11) is 2.13. The van der Waals surface area contributed by atoms with Crippen molar-refractivity contribution < 1.29 is 64.3 Å². The Morgan fingerprint density at radius 1 is 1.26 bits per heavy atom. The second-order valence-corrected chi connectivity index (χ2v) is 5.71. The molecule has 2 unspecified atom stereocenters. The van der Waals surface area contributed by atoms with E-state index in [-0.39, 0.29) is 57.9 Å². The van der Waals surface area contributed by atoms with Gasteiger partial charge in [-0.25, -0.2) is 0 Å². The second kappa shape index (κ2) is 7.43. The third-order valence-corrected chi connectivity index (χ3v) is 4.32. The molecule has 2 aliphatic rings. The Bertz CT molecular complexity index is 325. The molecular weight excluding hydrogens is 279 g/mol. The van der Waals surface area contributed by atoms with E-state index < -0.39 is 12.4 Å². The van der Waals surface area contributed by atoms with Crippen molar-refractivity contribution in [2.45, 2.75) is 25.3 Å². The van der Waals surface area contributed by atoms with Gasteiger partial charge in [0.1, 0.15) is 0 Å². The predicted octanol–water partition coefficient (Wildman–Crippen LogP) is -0.651. The van der Waals surface area contributed by atoms with Gasteiger partial charge in [-0.2, -0.15) is 0 Å². The van der Waals surface area contributed by atoms with Crippen LogP contribution in [0.15, 0.2) is 12.1 Å². The van der Waals surface area contributed by atoms with E-state index in [9.17, 15) is 12.9 Å². The first-order valence-corrected chi connectivity index (χ1v) is 6.68. The van der Waals surface area contributed by atoms with E-state index >= 15 is 0 Å². The first-order valence-electron chi connectivity index (χ1n) is 6.68. The average molecular weight is 300 g/mol. The minimum Gasteiger partial charge on any atom is -0.445 e. The van der Waals surface area contributed by atoms with Crippen LogP contribution >= 0.6 is 0 Å². The van der Waals surface area contributed by atoms with Crippen molar-refractivity contribution in [3.63, 3.8) is 0 Å². The van der Waals surface area contributed by atoms with E-state index in [1.165, 1.54) is 0 Å². The van der Waals surface area contributed by atoms with E-state index in [2.05, 4.69) is 18.5 Å². The number of likely N-dealkylation sites (tertiary alicyclic amines) is 2. The monoisotopic (exact) mass is 300 g/mol. The number of rotatable bonds is 3. The maximum atomic E-state index is 12.5. The second-order valence-electron chi connectivity index (χ2n) is 5.71. The van der Waals surface area contributed by atoms with Gasteiger partial charge in [-0.3, -0.25) is 0 Å². The van der Waals surface area contributed by atoms with Crippen LogP contribution in [0.3, 0.4) is 0 Å². The maximum Gasteiger partial charge on any atom is 1.00 e. The fraction of sp³-hybridized carbons (Fsp3) is 0.833. The largest absolute Gasteiger partial charge is 1.00 e. The van der Waals surface area contributed by atoms with Crippen molar-refractivity contribution in [3.8, 4) is 0 Å². The molecule has 0 aromatic heterocycles. The molecule has 104 valence electrons. The van der Waals surface area contributed by atoms with Crippen LogP contribution in [0.5, 0.6) is 0 Å². The number of nitrogens with zero attached hydrogens (tertiary/aromatic N) is 2. The summed E-state index contributed by atoms with van der Waals surface area (Å²) in [5, 5.41) is 0. The molecule has 0 saturated carbocycles. The third-order valence-electron chi connectivity index (χ3n) is 4.32. The minimum atomic E-state index is -4.88. The Hall–Kier alpha value is 1.15. The summed E-state index contributed by atoms with van der Waals surface area (Å²) >= 11 is 0. The fourth-order valence-corrected chi connectivity index (χ4v) is 3.26. The summed E-state index contributed by atoms with van der Waals surface area (Å²) in [6.07, 6.45) is 3.30. The number of halogens is 3. The van der Waals surface area contributed by atoms with E-state index in [0.717, 1.165) is 38.9 Å². The van der Waals surface area contributed by atoms with Gasteiger partial charge in [0, 0.05) is 12.6 Å². The molecule has 2 nitrogen and oxygen atoms in total. The molecule has 0 aromatic rings. The van der Waals surface area contributed by atoms with Crippen molar-refractivity contribution in [2.24, 2.45) is 5.92 Å². The van der Waals surface area contributed by atoms with Crippen molar-refractivity contribution in [1.82, 2.24) is 9.80 Å². The Kier molecular flexibility index (Phi) is 7.11. The van der Waals surface area contributed by atoms with Gasteiger partial charge in [-0.15, -0.1) is 12.1 Å². The summed E-state index contributed by atoms with van der Waals surface area (Å²) < 4.78 is 37.6. The molecular formula is C12H21BF3KN2. The topological polar surface area (TPSA) is 6.48 Å². The molecule has 0 N–H and O–H groups in total. The smallest absolute Gasteiger partial charge is 0.445 e. The van der Waals surface area contributed by atoms with Crippen LogP contribution in [0.4, 0.5) is 12.9 Å². The number of hydrogen-bond donors (Lipinski definition) is 0. The molecule has 0 bridgehead atoms. The van der Waals surface area contributed by atoms with Crippen LogP contribution < -0.4 is 51.4 Å². The number of hydrogen-bond acceptors (Lipinski definition) is 2. The Labute approximate surface area is 156 Å². The molecule has 0 spiro atoms. The molecule has 2 rings (SSSR count). The van der Waals surface area contributed by atoms with Gasteiger partial charge < -0.3 is 22.7 Å². The van der Waals surface area contributed by atoms with Gasteiger partial charge in [0.05, 0.1) is 0 Å². The van der Waals surface area contributed by atoms with Crippen molar-refractivity contribution >= 4 is 6.98 Å². The zero-order valence-corrected chi connectivity index (χ0v) is 15.0. The first kappa shape index (κ1) is 18.2. The first-order chi connectivity index (χ1) is 8.38. The van der Waals surface area contributed by atoms with Crippen LogP contribution in [-0.2, 0) is 0 Å². The summed E-state index contributed by atoms with van der Waals surface area (Å²) in [6.45, 7) is 0.984. The van der Waals surface area contributed by atoms with E-state index in [1.54, 1.807) is 0 Å². The molecule has 0 radical (unpaired) electrons. The fourth-order valence-electron chi connectivity index (χ4n) is 3.26. The van der Waals surface area contributed by atoms with Crippen LogP contribution in [0.2, 0.25) is 0 Å². The summed E-state index contributed by atoms with van der Waals surface area (Å²) in [6, 6.07) is 0.569. The Morgan fingerprint density at radius 3 is 2.58 bits per heavy atom. The SMILES string of the molecule is C=C(CN1CCC2C(CCCN2C)C1)[B-](F)(F)F.[K+]. The third kappa shape index (κ3) is 4.83. The van der Waals surface area contributed by atoms with E-state index in [4.69, 9.17) is 0 Å². The summed E-state index contributed by atoms with van der Waals surface area (Å²) in [5.41, 5.74) is -0.558. The number of fused-ring (bicyclic) bond motifs is 1. The van der Waals surface area contributed by atoms with Crippen molar-refractivity contribution in [1.29, 1.82) is 0 Å². The van der Waals surface area contributed by atoms with Gasteiger partial charge >= 0.3 is 58.4 Å². The van der Waals surface area contributed by atoms with Gasteiger partial charge in [0.2, 0.25) is 0 Å². The summed E-state index contributed by atoms with van der Waals surface area (Å²) in [4.78, 5) is 4.30. The van der Waals surface area contributed by atoms with Crippen LogP contribution in [0, 0.1) is 5.92 Å². The van der Waals surface area contributed by atoms with Gasteiger partial charge in [-0.1, -0.05) is 0 Å². The molecule has 2 saturated heterocycles. The molecule has 0 amide bonds. The molecule has 19 heavy (non-hydrogen) atoms. The van der Waals surface area contributed by atoms with Crippen LogP contribution in [-0.4, -0.2) is 56.0 Å². The minimum absolute atomic E-state index is 0. The molecule has 2 fully saturated rings. The van der Waals surface area contributed by atoms with Gasteiger partial charge in [0.15, 0.2) is 0 Å². The molecule has 2 atom stereocenters. The average Bonchev–Trinajstić information content (AvgIpc) is 2.28. The summed E-state index contributed by atoms with van der Waals surface area (Å²) in [5.74, 6) is 0.533. The zero-order chi connectivity index (χ0) is 13.3. The van der Waals surface area contributed by atoms with E-state index in [0.29, 0.717) is 12.0 Å². The molecule has 7 heteroatoms. The number of piperidine rings is 2. The van der Waals surface area contributed by atoms with Gasteiger partial charge in [-0.05, 0) is 51.9 Å². The maximum absolute atomic E-state index is 12.5. The molecule has 2 heterocycles. The standard InChI is InChI=1S/C12H21BF3N2.K/c1-10(13(14,15)16)8-18-7-5-12-11(9-18)4-3-6-17(12)2;/h11-12H,1,3-9H2,2H3;/q-1;+1. The molecule has 2 aliphatic heterocycles. The molecule has 0 aromatic carbocycles. The van der Waals surface area contributed by atoms with Gasteiger partial charge in [0.25, 0.3) is 0 Å². The predicted molar refractivity (Wildman–Crippen MR) is 68.4 cm³/mol.